The van der Waals surface area contributed by atoms with Gasteiger partial charge in [0.2, 0.25) is 0 Å². The van der Waals surface area contributed by atoms with Gasteiger partial charge >= 0.3 is 5.97 Å². The highest BCUT2D eigenvalue weighted by molar-refractivity contribution is 7.98. The SMILES string of the molecule is CSCC[C@H](NNC1CN(c2cc(F)c(CCNc3ccsc3)c(C)c2F)C1)C(=O)O. The van der Waals surface area contributed by atoms with Gasteiger partial charge < -0.3 is 15.3 Å². The number of nitrogens with one attached hydrogen (secondary N) is 3. The minimum absolute atomic E-state index is 0.0339. The van der Waals surface area contributed by atoms with Crippen LogP contribution in [0.15, 0.2) is 22.9 Å². The Hall–Kier alpha value is -1.88. The lowest BCUT2D eigenvalue weighted by molar-refractivity contribution is -0.139. The maximum Gasteiger partial charge on any atom is 0.322 e. The number of carboxylic acids is 1. The predicted molar refractivity (Wildman–Crippen MR) is 124 cm³/mol. The molecule has 4 N–H and O–H groups in total. The van der Waals surface area contributed by atoms with Crippen LogP contribution in [0.2, 0.25) is 0 Å². The van der Waals surface area contributed by atoms with Crippen LogP contribution in [0.25, 0.3) is 0 Å². The molecule has 1 fully saturated rings. The lowest BCUT2D eigenvalue weighted by atomic mass is 10.0. The Balaban J connectivity index is 1.53. The fraction of sp³-hybridized carbons (Fsp3) is 0.476. The van der Waals surface area contributed by atoms with Crippen LogP contribution in [-0.4, -0.2) is 54.8 Å². The first-order valence-corrected chi connectivity index (χ1v) is 12.5. The molecular formula is C21H28F2N4O2S2. The molecule has 1 saturated heterocycles. The number of hydrogen-bond donors (Lipinski definition) is 4. The second-order valence-corrected chi connectivity index (χ2v) is 9.31. The molecule has 0 amide bonds. The number of rotatable bonds is 12. The second kappa shape index (κ2) is 11.1. The van der Waals surface area contributed by atoms with Gasteiger partial charge in [0.05, 0.1) is 11.7 Å². The summed E-state index contributed by atoms with van der Waals surface area (Å²) in [6, 6.07) is 2.50. The molecule has 2 heterocycles. The van der Waals surface area contributed by atoms with E-state index in [9.17, 15) is 18.7 Å². The zero-order chi connectivity index (χ0) is 22.4. The van der Waals surface area contributed by atoms with Crippen molar-refractivity contribution in [3.8, 4) is 0 Å². The number of benzene rings is 1. The molecule has 0 saturated carbocycles. The molecule has 0 unspecified atom stereocenters. The van der Waals surface area contributed by atoms with Crippen LogP contribution in [-0.2, 0) is 11.2 Å². The van der Waals surface area contributed by atoms with Crippen molar-refractivity contribution in [2.45, 2.75) is 31.8 Å². The van der Waals surface area contributed by atoms with Crippen molar-refractivity contribution < 1.29 is 18.7 Å². The first-order valence-electron chi connectivity index (χ1n) is 10.1. The van der Waals surface area contributed by atoms with Gasteiger partial charge in [-0.2, -0.15) is 23.1 Å². The second-order valence-electron chi connectivity index (χ2n) is 7.55. The Labute approximate surface area is 189 Å². The summed E-state index contributed by atoms with van der Waals surface area (Å²) in [7, 11) is 0. The van der Waals surface area contributed by atoms with Gasteiger partial charge in [-0.05, 0) is 54.3 Å². The molecule has 10 heteroatoms. The number of hydrogen-bond acceptors (Lipinski definition) is 7. The van der Waals surface area contributed by atoms with E-state index in [0.29, 0.717) is 43.6 Å². The van der Waals surface area contributed by atoms with Crippen molar-refractivity contribution in [3.05, 3.63) is 45.7 Å². The Morgan fingerprint density at radius 3 is 2.84 bits per heavy atom. The third kappa shape index (κ3) is 6.09. The van der Waals surface area contributed by atoms with Gasteiger partial charge in [-0.15, -0.1) is 0 Å². The molecule has 1 aliphatic rings. The zero-order valence-electron chi connectivity index (χ0n) is 17.6. The van der Waals surface area contributed by atoms with Gasteiger partial charge in [-0.25, -0.2) is 14.2 Å². The number of thioether (sulfide) groups is 1. The Morgan fingerprint density at radius 1 is 1.42 bits per heavy atom. The number of carboxylic acid groups (broad SMARTS) is 1. The summed E-state index contributed by atoms with van der Waals surface area (Å²) in [6.07, 6.45) is 2.82. The van der Waals surface area contributed by atoms with Crippen LogP contribution in [0.1, 0.15) is 17.5 Å². The molecule has 3 rings (SSSR count). The van der Waals surface area contributed by atoms with E-state index in [1.165, 1.54) is 6.07 Å². The molecule has 6 nitrogen and oxygen atoms in total. The van der Waals surface area contributed by atoms with Crippen molar-refractivity contribution in [2.75, 3.05) is 41.9 Å². The molecular weight excluding hydrogens is 442 g/mol. The van der Waals surface area contributed by atoms with Crippen LogP contribution in [0.4, 0.5) is 20.2 Å². The minimum Gasteiger partial charge on any atom is -0.480 e. The number of aliphatic carboxylic acids is 1. The van der Waals surface area contributed by atoms with Crippen molar-refractivity contribution in [1.29, 1.82) is 0 Å². The molecule has 2 aromatic rings. The third-order valence-corrected chi connectivity index (χ3v) is 6.70. The largest absolute Gasteiger partial charge is 0.480 e. The third-order valence-electron chi connectivity index (χ3n) is 5.38. The van der Waals surface area contributed by atoms with Crippen molar-refractivity contribution in [2.24, 2.45) is 0 Å². The van der Waals surface area contributed by atoms with E-state index in [1.54, 1.807) is 34.9 Å². The summed E-state index contributed by atoms with van der Waals surface area (Å²) >= 11 is 3.17. The van der Waals surface area contributed by atoms with Crippen LogP contribution in [0.3, 0.4) is 0 Å². The Bertz CT molecular complexity index is 877. The van der Waals surface area contributed by atoms with Gasteiger partial charge in [-0.1, -0.05) is 0 Å². The molecule has 170 valence electrons. The lowest BCUT2D eigenvalue weighted by Crippen LogP contribution is -2.63. The standard InChI is InChI=1S/C21H28F2N4O2S2/c1-13-16(3-6-24-14-4-8-31-12-14)17(22)9-19(20(13)23)27-10-15(11-27)25-26-18(21(28)29)5-7-30-2/h4,8-9,12,15,18,24-26H,3,5-7,10-11H2,1-2H3,(H,28,29)/t18-/m0/s1. The number of carbonyl (C=O) groups is 1. The molecule has 0 bridgehead atoms. The zero-order valence-corrected chi connectivity index (χ0v) is 19.2. The van der Waals surface area contributed by atoms with Gasteiger partial charge in [0, 0.05) is 36.8 Å². The molecule has 0 aliphatic carbocycles. The summed E-state index contributed by atoms with van der Waals surface area (Å²) < 4.78 is 29.7. The molecule has 0 radical (unpaired) electrons. The van der Waals surface area contributed by atoms with Crippen molar-refractivity contribution in [3.63, 3.8) is 0 Å². The molecule has 1 aromatic heterocycles. The summed E-state index contributed by atoms with van der Waals surface area (Å²) in [5, 5.41) is 16.4. The summed E-state index contributed by atoms with van der Waals surface area (Å²) in [6.45, 7) is 3.07. The van der Waals surface area contributed by atoms with Crippen LogP contribution in [0, 0.1) is 18.6 Å². The molecule has 0 spiro atoms. The fourth-order valence-corrected chi connectivity index (χ4v) is 4.57. The maximum atomic E-state index is 15.0. The number of thiophene rings is 1. The van der Waals surface area contributed by atoms with E-state index >= 15 is 0 Å². The number of halogens is 2. The number of anilines is 2. The smallest absolute Gasteiger partial charge is 0.322 e. The Morgan fingerprint density at radius 2 is 2.19 bits per heavy atom. The van der Waals surface area contributed by atoms with Crippen molar-refractivity contribution >= 4 is 40.4 Å². The van der Waals surface area contributed by atoms with E-state index in [2.05, 4.69) is 16.2 Å². The molecule has 31 heavy (non-hydrogen) atoms. The van der Waals surface area contributed by atoms with E-state index in [4.69, 9.17) is 0 Å². The summed E-state index contributed by atoms with van der Waals surface area (Å²) in [5.74, 6) is -0.979. The van der Waals surface area contributed by atoms with Crippen molar-refractivity contribution in [1.82, 2.24) is 10.9 Å². The van der Waals surface area contributed by atoms with Crippen LogP contribution < -0.4 is 21.1 Å². The van der Waals surface area contributed by atoms with E-state index < -0.39 is 23.6 Å². The lowest BCUT2D eigenvalue weighted by Gasteiger charge is -2.42. The van der Waals surface area contributed by atoms with Gasteiger partial charge in [0.1, 0.15) is 17.7 Å². The number of hydrazine groups is 1. The van der Waals surface area contributed by atoms with Crippen LogP contribution in [0.5, 0.6) is 0 Å². The molecule has 1 atom stereocenters. The van der Waals surface area contributed by atoms with Crippen LogP contribution >= 0.6 is 23.1 Å². The minimum atomic E-state index is -0.912. The monoisotopic (exact) mass is 470 g/mol. The highest BCUT2D eigenvalue weighted by Crippen LogP contribution is 2.30. The quantitative estimate of drug-likeness (QED) is 0.354. The topological polar surface area (TPSA) is 76.6 Å². The molecule has 1 aliphatic heterocycles. The van der Waals surface area contributed by atoms with Gasteiger partial charge in [-0.3, -0.25) is 10.2 Å². The molecule has 1 aromatic carbocycles. The highest BCUT2D eigenvalue weighted by Gasteiger charge is 2.31. The normalized spacial score (nSPS) is 15.0. The maximum absolute atomic E-state index is 15.0. The average Bonchev–Trinajstić information content (AvgIpc) is 3.22. The van der Waals surface area contributed by atoms with E-state index in [1.807, 2.05) is 23.1 Å². The predicted octanol–water partition coefficient (Wildman–Crippen LogP) is 3.48. The first kappa shape index (κ1) is 23.8. The number of nitrogens with zero attached hydrogens (tertiary/aromatic N) is 1. The average molecular weight is 471 g/mol. The summed E-state index contributed by atoms with van der Waals surface area (Å²) in [5.41, 5.74) is 7.80. The van der Waals surface area contributed by atoms with E-state index in [0.717, 1.165) is 11.4 Å². The summed E-state index contributed by atoms with van der Waals surface area (Å²) in [4.78, 5) is 13.0. The highest BCUT2D eigenvalue weighted by atomic mass is 32.2. The van der Waals surface area contributed by atoms with Gasteiger partial charge in [0.15, 0.2) is 0 Å². The van der Waals surface area contributed by atoms with Gasteiger partial charge in [0.25, 0.3) is 0 Å². The fourth-order valence-electron chi connectivity index (χ4n) is 3.49. The van der Waals surface area contributed by atoms with E-state index in [-0.39, 0.29) is 11.7 Å². The first-order chi connectivity index (χ1) is 14.9. The Kier molecular flexibility index (Phi) is 8.53.